The molecule has 0 aliphatic heterocycles. The number of hydrogen-bond acceptors (Lipinski definition) is 2. The Morgan fingerprint density at radius 3 is 2.11 bits per heavy atom. The number of nitrogens with zero attached hydrogens (tertiary/aromatic N) is 1. The minimum absolute atomic E-state index is 0.100. The summed E-state index contributed by atoms with van der Waals surface area (Å²) in [4.78, 5) is 2.06. The number of aliphatic hydroxyl groups is 1. The van der Waals surface area contributed by atoms with Gasteiger partial charge in [0.1, 0.15) is 5.50 Å². The molecule has 2 aromatic carbocycles. The molecule has 0 radical (unpaired) electrons. The van der Waals surface area contributed by atoms with Gasteiger partial charge < -0.3 is 5.11 Å². The van der Waals surface area contributed by atoms with Crippen molar-refractivity contribution < 1.29 is 5.11 Å². The first-order chi connectivity index (χ1) is 9.31. The third-order valence-corrected chi connectivity index (χ3v) is 3.54. The van der Waals surface area contributed by atoms with Crippen molar-refractivity contribution >= 4 is 11.6 Å². The van der Waals surface area contributed by atoms with Gasteiger partial charge in [-0.1, -0.05) is 60.7 Å². The summed E-state index contributed by atoms with van der Waals surface area (Å²) >= 11 is 6.52. The maximum absolute atomic E-state index is 9.21. The smallest absolute Gasteiger partial charge is 0.111 e. The van der Waals surface area contributed by atoms with Crippen LogP contribution in [0.1, 0.15) is 16.6 Å². The second kappa shape index (κ2) is 7.29. The highest BCUT2D eigenvalue weighted by Crippen LogP contribution is 2.26. The minimum Gasteiger partial charge on any atom is -0.395 e. The number of hydrogen-bond donors (Lipinski definition) is 1. The van der Waals surface area contributed by atoms with Crippen molar-refractivity contribution in [2.45, 2.75) is 12.0 Å². The van der Waals surface area contributed by atoms with Crippen molar-refractivity contribution in [3.8, 4) is 0 Å². The molecule has 0 aliphatic rings. The predicted octanol–water partition coefficient (Wildman–Crippen LogP) is 3.42. The summed E-state index contributed by atoms with van der Waals surface area (Å²) in [6, 6.07) is 20.1. The molecule has 2 aromatic rings. The lowest BCUT2D eigenvalue weighted by Crippen LogP contribution is -2.28. The molecule has 1 unspecified atom stereocenters. The van der Waals surface area contributed by atoms with Gasteiger partial charge in [-0.15, -0.1) is 11.6 Å². The van der Waals surface area contributed by atoms with Crippen LogP contribution in [0.3, 0.4) is 0 Å². The summed E-state index contributed by atoms with van der Waals surface area (Å²) in [7, 11) is 0. The Hall–Kier alpha value is -1.35. The fourth-order valence-corrected chi connectivity index (χ4v) is 2.35. The van der Waals surface area contributed by atoms with Gasteiger partial charge >= 0.3 is 0 Å². The normalized spacial score (nSPS) is 12.6. The molecule has 3 heteroatoms. The highest BCUT2D eigenvalue weighted by Gasteiger charge is 2.17. The van der Waals surface area contributed by atoms with Gasteiger partial charge in [-0.25, -0.2) is 0 Å². The highest BCUT2D eigenvalue weighted by molar-refractivity contribution is 6.20. The summed E-state index contributed by atoms with van der Waals surface area (Å²) in [5, 5.41) is 9.21. The molecule has 100 valence electrons. The van der Waals surface area contributed by atoms with Gasteiger partial charge in [0.05, 0.1) is 6.61 Å². The van der Waals surface area contributed by atoms with E-state index in [0.29, 0.717) is 6.54 Å². The van der Waals surface area contributed by atoms with E-state index in [1.54, 1.807) is 0 Å². The first kappa shape index (κ1) is 14.1. The maximum atomic E-state index is 9.21. The highest BCUT2D eigenvalue weighted by atomic mass is 35.5. The molecule has 19 heavy (non-hydrogen) atoms. The number of alkyl halides is 1. The largest absolute Gasteiger partial charge is 0.395 e. The Labute approximate surface area is 119 Å². The van der Waals surface area contributed by atoms with E-state index in [1.165, 1.54) is 5.56 Å². The van der Waals surface area contributed by atoms with Crippen LogP contribution in [0.2, 0.25) is 0 Å². The van der Waals surface area contributed by atoms with Crippen LogP contribution in [0.25, 0.3) is 0 Å². The third kappa shape index (κ3) is 4.06. The van der Waals surface area contributed by atoms with Gasteiger partial charge in [-0.2, -0.15) is 0 Å². The van der Waals surface area contributed by atoms with Crippen molar-refractivity contribution in [3.05, 3.63) is 71.8 Å². The van der Waals surface area contributed by atoms with E-state index >= 15 is 0 Å². The van der Waals surface area contributed by atoms with Crippen molar-refractivity contribution in [2.24, 2.45) is 0 Å². The molecule has 1 N–H and O–H groups in total. The van der Waals surface area contributed by atoms with E-state index in [4.69, 9.17) is 11.6 Å². The number of aliphatic hydroxyl groups excluding tert-OH is 1. The van der Waals surface area contributed by atoms with Crippen LogP contribution < -0.4 is 0 Å². The second-order valence-corrected chi connectivity index (χ2v) is 4.84. The molecule has 0 saturated heterocycles. The molecule has 2 nitrogen and oxygen atoms in total. The summed E-state index contributed by atoms with van der Waals surface area (Å²) in [5.74, 6) is 0. The Kier molecular flexibility index (Phi) is 5.40. The molecule has 0 bridgehead atoms. The summed E-state index contributed by atoms with van der Waals surface area (Å²) in [6.45, 7) is 1.38. The van der Waals surface area contributed by atoms with Crippen LogP contribution in [-0.4, -0.2) is 23.2 Å². The molecule has 0 heterocycles. The van der Waals surface area contributed by atoms with Crippen LogP contribution in [0.5, 0.6) is 0 Å². The summed E-state index contributed by atoms with van der Waals surface area (Å²) < 4.78 is 0. The summed E-state index contributed by atoms with van der Waals surface area (Å²) in [5.41, 5.74) is 2.01. The molecular weight excluding hydrogens is 258 g/mol. The lowest BCUT2D eigenvalue weighted by molar-refractivity contribution is 0.177. The zero-order chi connectivity index (χ0) is 13.5. The fourth-order valence-electron chi connectivity index (χ4n) is 2.04. The van der Waals surface area contributed by atoms with E-state index < -0.39 is 0 Å². The van der Waals surface area contributed by atoms with E-state index in [2.05, 4.69) is 17.0 Å². The van der Waals surface area contributed by atoms with Gasteiger partial charge in [-0.3, -0.25) is 4.90 Å². The van der Waals surface area contributed by atoms with E-state index in [-0.39, 0.29) is 12.1 Å². The van der Waals surface area contributed by atoms with E-state index in [1.807, 2.05) is 48.5 Å². The molecule has 0 saturated carbocycles. The molecule has 0 aliphatic carbocycles. The number of halogens is 1. The Bertz CT molecular complexity index is 475. The second-order valence-electron chi connectivity index (χ2n) is 4.43. The predicted molar refractivity (Wildman–Crippen MR) is 79.0 cm³/mol. The van der Waals surface area contributed by atoms with Gasteiger partial charge in [0.2, 0.25) is 0 Å². The number of benzene rings is 2. The molecule has 0 aromatic heterocycles. The van der Waals surface area contributed by atoms with Crippen LogP contribution in [0, 0.1) is 0 Å². The van der Waals surface area contributed by atoms with Crippen LogP contribution >= 0.6 is 11.6 Å². The molecular formula is C16H18ClNO. The van der Waals surface area contributed by atoms with Gasteiger partial charge in [0.25, 0.3) is 0 Å². The van der Waals surface area contributed by atoms with Crippen molar-refractivity contribution in [2.75, 3.05) is 13.2 Å². The van der Waals surface area contributed by atoms with E-state index in [0.717, 1.165) is 12.1 Å². The van der Waals surface area contributed by atoms with Gasteiger partial charge in [0.15, 0.2) is 0 Å². The Morgan fingerprint density at radius 1 is 0.947 bits per heavy atom. The minimum atomic E-state index is -0.228. The molecule has 2 rings (SSSR count). The standard InChI is InChI=1S/C16H18ClNO/c17-16(15-9-5-2-6-10-15)18(11-12-19)13-14-7-3-1-4-8-14/h1-10,16,19H,11-13H2. The first-order valence-corrected chi connectivity index (χ1v) is 6.83. The third-order valence-electron chi connectivity index (χ3n) is 3.01. The van der Waals surface area contributed by atoms with Crippen molar-refractivity contribution in [3.63, 3.8) is 0 Å². The number of rotatable bonds is 6. The molecule has 0 fully saturated rings. The Morgan fingerprint density at radius 2 is 1.53 bits per heavy atom. The monoisotopic (exact) mass is 275 g/mol. The SMILES string of the molecule is OCCN(Cc1ccccc1)C(Cl)c1ccccc1. The van der Waals surface area contributed by atoms with Gasteiger partial charge in [0, 0.05) is 13.1 Å². The molecule has 0 amide bonds. The average molecular weight is 276 g/mol. The lowest BCUT2D eigenvalue weighted by atomic mass is 10.1. The topological polar surface area (TPSA) is 23.5 Å². The fraction of sp³-hybridized carbons (Fsp3) is 0.250. The van der Waals surface area contributed by atoms with Crippen molar-refractivity contribution in [1.29, 1.82) is 0 Å². The van der Waals surface area contributed by atoms with E-state index in [9.17, 15) is 5.11 Å². The average Bonchev–Trinajstić information content (AvgIpc) is 2.48. The quantitative estimate of drug-likeness (QED) is 0.645. The summed E-state index contributed by atoms with van der Waals surface area (Å²) in [6.07, 6.45) is 0. The van der Waals surface area contributed by atoms with Crippen LogP contribution in [-0.2, 0) is 6.54 Å². The van der Waals surface area contributed by atoms with Crippen LogP contribution in [0.4, 0.5) is 0 Å². The Balaban J connectivity index is 2.11. The lowest BCUT2D eigenvalue weighted by Gasteiger charge is -2.27. The van der Waals surface area contributed by atoms with Gasteiger partial charge in [-0.05, 0) is 11.1 Å². The zero-order valence-electron chi connectivity index (χ0n) is 10.7. The maximum Gasteiger partial charge on any atom is 0.111 e. The van der Waals surface area contributed by atoms with Crippen molar-refractivity contribution in [1.82, 2.24) is 4.90 Å². The molecule has 0 spiro atoms. The first-order valence-electron chi connectivity index (χ1n) is 6.39. The molecule has 1 atom stereocenters. The zero-order valence-corrected chi connectivity index (χ0v) is 11.5. The van der Waals surface area contributed by atoms with Crippen LogP contribution in [0.15, 0.2) is 60.7 Å².